The van der Waals surface area contributed by atoms with Crippen LogP contribution in [0, 0.1) is 5.82 Å². The third-order valence-corrected chi connectivity index (χ3v) is 3.06. The number of hydrogen-bond acceptors (Lipinski definition) is 2. The van der Waals surface area contributed by atoms with Crippen LogP contribution < -0.4 is 0 Å². The molecule has 0 N–H and O–H groups in total. The number of benzene rings is 2. The number of hydrogen-bond donors (Lipinski definition) is 0. The van der Waals surface area contributed by atoms with Gasteiger partial charge in [-0.15, -0.1) is 0 Å². The van der Waals surface area contributed by atoms with Gasteiger partial charge in [0.2, 0.25) is 0 Å². The molecule has 0 fully saturated rings. The van der Waals surface area contributed by atoms with Crippen LogP contribution in [0.5, 0.6) is 0 Å². The van der Waals surface area contributed by atoms with Crippen molar-refractivity contribution in [3.05, 3.63) is 52.8 Å². The monoisotopic (exact) mass is 291 g/mol. The summed E-state index contributed by atoms with van der Waals surface area (Å²) in [5.41, 5.74) is 1.62. The van der Waals surface area contributed by atoms with Crippen molar-refractivity contribution in [1.29, 1.82) is 0 Å². The summed E-state index contributed by atoms with van der Waals surface area (Å²) in [5.74, 6) is -0.300. The Morgan fingerprint density at radius 3 is 2.76 bits per heavy atom. The Hall–Kier alpha value is -1.68. The van der Waals surface area contributed by atoms with Gasteiger partial charge in [0.05, 0.1) is 0 Å². The van der Waals surface area contributed by atoms with Crippen LogP contribution in [0.2, 0.25) is 0 Å². The summed E-state index contributed by atoms with van der Waals surface area (Å²) < 4.78 is 19.8. The van der Waals surface area contributed by atoms with Crippen molar-refractivity contribution < 1.29 is 8.91 Å². The quantitative estimate of drug-likeness (QED) is 0.664. The lowest BCUT2D eigenvalue weighted by Crippen LogP contribution is -1.83. The van der Waals surface area contributed by atoms with Gasteiger partial charge >= 0.3 is 0 Å². The molecule has 0 aliphatic carbocycles. The summed E-state index contributed by atoms with van der Waals surface area (Å²) >= 11 is 3.35. The molecule has 0 amide bonds. The lowest BCUT2D eigenvalue weighted by Gasteiger charge is -1.98. The van der Waals surface area contributed by atoms with Gasteiger partial charge in [-0.2, -0.15) is 0 Å². The first kappa shape index (κ1) is 10.5. The average molecular weight is 292 g/mol. The van der Waals surface area contributed by atoms with Gasteiger partial charge in [0, 0.05) is 15.4 Å². The molecule has 2 nitrogen and oxygen atoms in total. The summed E-state index contributed by atoms with van der Waals surface area (Å²) in [7, 11) is 0. The molecule has 0 spiro atoms. The molecule has 0 atom stereocenters. The van der Waals surface area contributed by atoms with E-state index in [1.807, 2.05) is 18.2 Å². The molecule has 0 saturated carbocycles. The summed E-state index contributed by atoms with van der Waals surface area (Å²) in [6.45, 7) is 0. The highest BCUT2D eigenvalue weighted by Gasteiger charge is 2.13. The van der Waals surface area contributed by atoms with Crippen LogP contribution in [-0.4, -0.2) is 5.16 Å². The van der Waals surface area contributed by atoms with Gasteiger partial charge in [0.1, 0.15) is 11.5 Å². The number of halogens is 2. The first-order valence-electron chi connectivity index (χ1n) is 5.05. The van der Waals surface area contributed by atoms with Gasteiger partial charge in [-0.1, -0.05) is 33.2 Å². The molecule has 0 radical (unpaired) electrons. The third kappa shape index (κ3) is 1.74. The second-order valence-electron chi connectivity index (χ2n) is 3.65. The molecule has 1 heterocycles. The van der Waals surface area contributed by atoms with Crippen molar-refractivity contribution in [2.45, 2.75) is 0 Å². The number of aromatic nitrogens is 1. The van der Waals surface area contributed by atoms with Crippen LogP contribution in [0.15, 0.2) is 51.5 Å². The van der Waals surface area contributed by atoms with Crippen LogP contribution in [0.25, 0.3) is 22.2 Å². The highest BCUT2D eigenvalue weighted by molar-refractivity contribution is 9.10. The molecular formula is C13H7BrFNO. The predicted molar refractivity (Wildman–Crippen MR) is 67.1 cm³/mol. The highest BCUT2D eigenvalue weighted by atomic mass is 79.9. The molecule has 0 bridgehead atoms. The Kier molecular flexibility index (Phi) is 2.44. The second kappa shape index (κ2) is 3.96. The van der Waals surface area contributed by atoms with E-state index in [4.69, 9.17) is 4.52 Å². The minimum absolute atomic E-state index is 0.300. The molecular weight excluding hydrogens is 285 g/mol. The normalized spacial score (nSPS) is 10.9. The third-order valence-electron chi connectivity index (χ3n) is 2.56. The van der Waals surface area contributed by atoms with Gasteiger partial charge in [-0.05, 0) is 30.3 Å². The molecule has 0 unspecified atom stereocenters. The average Bonchev–Trinajstić information content (AvgIpc) is 2.72. The Balaban J connectivity index is 2.29. The first-order valence-corrected chi connectivity index (χ1v) is 5.85. The molecule has 4 heteroatoms. The largest absolute Gasteiger partial charge is 0.356 e. The zero-order valence-corrected chi connectivity index (χ0v) is 10.2. The first-order chi connectivity index (χ1) is 8.25. The predicted octanol–water partition coefficient (Wildman–Crippen LogP) is 4.40. The molecule has 0 aliphatic heterocycles. The summed E-state index contributed by atoms with van der Waals surface area (Å²) in [5, 5.41) is 4.74. The number of fused-ring (bicyclic) bond motifs is 1. The Morgan fingerprint density at radius 2 is 1.94 bits per heavy atom. The van der Waals surface area contributed by atoms with Gasteiger partial charge in [0.15, 0.2) is 5.58 Å². The second-order valence-corrected chi connectivity index (χ2v) is 4.57. The number of rotatable bonds is 1. The Labute approximate surface area is 105 Å². The standard InChI is InChI=1S/C13H7BrFNO/c14-8-5-6-10-12(7-8)17-16-13(10)9-3-1-2-4-11(9)15/h1-7H. The lowest BCUT2D eigenvalue weighted by atomic mass is 10.1. The zero-order chi connectivity index (χ0) is 11.8. The SMILES string of the molecule is Fc1ccccc1-c1noc2cc(Br)ccc12. The van der Waals surface area contributed by atoms with E-state index in [1.165, 1.54) is 6.07 Å². The summed E-state index contributed by atoms with van der Waals surface area (Å²) in [6, 6.07) is 12.1. The molecule has 1 aromatic heterocycles. The van der Waals surface area contributed by atoms with Crippen molar-refractivity contribution in [3.63, 3.8) is 0 Å². The molecule has 3 aromatic rings. The van der Waals surface area contributed by atoms with Crippen LogP contribution in [0.4, 0.5) is 4.39 Å². The van der Waals surface area contributed by atoms with Gasteiger partial charge < -0.3 is 4.52 Å². The molecule has 2 aromatic carbocycles. The van der Waals surface area contributed by atoms with Gasteiger partial charge in [-0.3, -0.25) is 0 Å². The zero-order valence-electron chi connectivity index (χ0n) is 8.65. The van der Waals surface area contributed by atoms with Crippen LogP contribution in [-0.2, 0) is 0 Å². The fraction of sp³-hybridized carbons (Fsp3) is 0. The maximum atomic E-state index is 13.7. The fourth-order valence-electron chi connectivity index (χ4n) is 1.76. The molecule has 84 valence electrons. The lowest BCUT2D eigenvalue weighted by molar-refractivity contribution is 0.458. The van der Waals surface area contributed by atoms with E-state index in [9.17, 15) is 4.39 Å². The number of nitrogens with zero attached hydrogens (tertiary/aromatic N) is 1. The minimum Gasteiger partial charge on any atom is -0.356 e. The van der Waals surface area contributed by atoms with Gasteiger partial charge in [0.25, 0.3) is 0 Å². The van der Waals surface area contributed by atoms with E-state index in [2.05, 4.69) is 21.1 Å². The van der Waals surface area contributed by atoms with E-state index in [0.29, 0.717) is 16.8 Å². The maximum absolute atomic E-state index is 13.7. The van der Waals surface area contributed by atoms with Crippen molar-refractivity contribution in [2.75, 3.05) is 0 Å². The summed E-state index contributed by atoms with van der Waals surface area (Å²) in [4.78, 5) is 0. The molecule has 3 rings (SSSR count). The van der Waals surface area contributed by atoms with Crippen molar-refractivity contribution in [1.82, 2.24) is 5.16 Å². The van der Waals surface area contributed by atoms with Crippen LogP contribution in [0.1, 0.15) is 0 Å². The van der Waals surface area contributed by atoms with E-state index >= 15 is 0 Å². The molecule has 0 saturated heterocycles. The van der Waals surface area contributed by atoms with Crippen LogP contribution in [0.3, 0.4) is 0 Å². The Bertz CT molecular complexity index is 693. The van der Waals surface area contributed by atoms with E-state index in [-0.39, 0.29) is 5.82 Å². The van der Waals surface area contributed by atoms with Gasteiger partial charge in [-0.25, -0.2) is 4.39 Å². The fourth-order valence-corrected chi connectivity index (χ4v) is 2.10. The minimum atomic E-state index is -0.300. The van der Waals surface area contributed by atoms with Crippen molar-refractivity contribution >= 4 is 26.9 Å². The van der Waals surface area contributed by atoms with Crippen LogP contribution >= 0.6 is 15.9 Å². The Morgan fingerprint density at radius 1 is 1.12 bits per heavy atom. The van der Waals surface area contributed by atoms with E-state index in [1.54, 1.807) is 18.2 Å². The maximum Gasteiger partial charge on any atom is 0.168 e. The smallest absolute Gasteiger partial charge is 0.168 e. The summed E-state index contributed by atoms with van der Waals surface area (Å²) in [6.07, 6.45) is 0. The molecule has 0 aliphatic rings. The highest BCUT2D eigenvalue weighted by Crippen LogP contribution is 2.30. The van der Waals surface area contributed by atoms with Crippen molar-refractivity contribution in [3.8, 4) is 11.3 Å². The molecule has 17 heavy (non-hydrogen) atoms. The van der Waals surface area contributed by atoms with E-state index < -0.39 is 0 Å². The topological polar surface area (TPSA) is 26.0 Å². The van der Waals surface area contributed by atoms with Crippen molar-refractivity contribution in [2.24, 2.45) is 0 Å². The van der Waals surface area contributed by atoms with E-state index in [0.717, 1.165) is 9.86 Å².